The molecule has 5 aliphatic rings. The third-order valence-corrected chi connectivity index (χ3v) is 13.9. The minimum absolute atomic E-state index is 0.117. The predicted molar refractivity (Wildman–Crippen MR) is 196 cm³/mol. The highest BCUT2D eigenvalue weighted by Crippen LogP contribution is 2.47. The van der Waals surface area contributed by atoms with Crippen LogP contribution in [0, 0.1) is 23.7 Å². The van der Waals surface area contributed by atoms with Gasteiger partial charge in [-0.25, -0.2) is 17.8 Å². The Kier molecular flexibility index (Phi) is 10.6. The monoisotopic (exact) mass is 760 g/mol. The van der Waals surface area contributed by atoms with Crippen molar-refractivity contribution in [2.75, 3.05) is 44.6 Å². The Labute approximate surface area is 309 Å². The number of carbonyl (C=O) groups is 2. The summed E-state index contributed by atoms with van der Waals surface area (Å²) >= 11 is 6.44. The molecule has 2 bridgehead atoms. The lowest BCUT2D eigenvalue weighted by Crippen LogP contribution is -2.49. The van der Waals surface area contributed by atoms with Crippen LogP contribution in [-0.2, 0) is 31.2 Å². The molecule has 3 aliphatic carbocycles. The zero-order chi connectivity index (χ0) is 36.8. The van der Waals surface area contributed by atoms with Crippen molar-refractivity contribution in [3.63, 3.8) is 0 Å². The van der Waals surface area contributed by atoms with Crippen molar-refractivity contribution < 1.29 is 36.8 Å². The lowest BCUT2D eigenvalue weighted by Gasteiger charge is -2.46. The summed E-state index contributed by atoms with van der Waals surface area (Å²) in [6, 6.07) is 9.58. The highest BCUT2D eigenvalue weighted by Gasteiger charge is 2.46. The van der Waals surface area contributed by atoms with Crippen LogP contribution in [0.2, 0.25) is 5.02 Å². The summed E-state index contributed by atoms with van der Waals surface area (Å²) in [5.74, 6) is -1.25. The van der Waals surface area contributed by atoms with Crippen LogP contribution in [0.25, 0.3) is 0 Å². The van der Waals surface area contributed by atoms with Crippen LogP contribution in [-0.4, -0.2) is 80.5 Å². The first-order valence-electron chi connectivity index (χ1n) is 18.1. The third-order valence-electron chi connectivity index (χ3n) is 11.7. The summed E-state index contributed by atoms with van der Waals surface area (Å²) < 4.78 is 65.8. The standard InChI is InChI=1S/C38H47ClF2N4O6S/c1-22-19-52(48,44-37(47)42-30-17-28(30)35(40)41)43-36(46)24-7-11-34-31(16-24)45(18-25-6-9-27(25)33(50-3)13-12-32(22)49-2)20-38(21-51-34)14-4-5-23-15-26(39)8-10-29(23)38/h7-8,10-13,15-16,22,25,27-28,30,32-33,35H,4-6,9,14,17-21H2,1-3H3,(H2,42,43,44,46,47,48)/b13-12+/t22-,25+,27-,28?,30+,32+,33+,38+,52?/m1/s1. The van der Waals surface area contributed by atoms with Crippen molar-refractivity contribution in [2.24, 2.45) is 28.0 Å². The van der Waals surface area contributed by atoms with E-state index in [4.69, 9.17) is 25.8 Å². The lowest BCUT2D eigenvalue weighted by molar-refractivity contribution is 0.0120. The molecule has 2 N–H and O–H groups in total. The maximum atomic E-state index is 14.5. The molecule has 10 nitrogen and oxygen atoms in total. The van der Waals surface area contributed by atoms with Crippen molar-refractivity contribution >= 4 is 39.1 Å². The van der Waals surface area contributed by atoms with Gasteiger partial charge in [0, 0.05) is 55.3 Å². The van der Waals surface area contributed by atoms with E-state index in [1.165, 1.54) is 18.2 Å². The molecule has 2 unspecified atom stereocenters. The topological polar surface area (TPSA) is 119 Å². The van der Waals surface area contributed by atoms with Crippen molar-refractivity contribution in [1.82, 2.24) is 10.0 Å². The second-order valence-corrected chi connectivity index (χ2v) is 17.6. The van der Waals surface area contributed by atoms with E-state index in [0.717, 1.165) is 37.8 Å². The zero-order valence-corrected chi connectivity index (χ0v) is 31.3. The average molecular weight is 761 g/mol. The number of amides is 3. The molecular weight excluding hydrogens is 714 g/mol. The molecule has 282 valence electrons. The van der Waals surface area contributed by atoms with E-state index in [1.54, 1.807) is 32.2 Å². The molecule has 0 saturated heterocycles. The average Bonchev–Trinajstić information content (AvgIpc) is 3.88. The Morgan fingerprint density at radius 2 is 1.92 bits per heavy atom. The van der Waals surface area contributed by atoms with E-state index >= 15 is 0 Å². The summed E-state index contributed by atoms with van der Waals surface area (Å²) in [6.07, 6.45) is 5.56. The van der Waals surface area contributed by atoms with Gasteiger partial charge in [-0.3, -0.25) is 9.52 Å². The van der Waals surface area contributed by atoms with Crippen molar-refractivity contribution in [1.29, 1.82) is 0 Å². The molecule has 2 heterocycles. The number of fused-ring (bicyclic) bond motifs is 4. The number of methoxy groups -OCH3 is 2. The smallest absolute Gasteiger partial charge is 0.327 e. The fourth-order valence-electron chi connectivity index (χ4n) is 8.64. The molecule has 14 heteroatoms. The number of carbonyl (C=O) groups excluding carboxylic acids is 2. The molecule has 2 saturated carbocycles. The van der Waals surface area contributed by atoms with Crippen LogP contribution in [0.3, 0.4) is 0 Å². The predicted octanol–water partition coefficient (Wildman–Crippen LogP) is 6.55. The number of urea groups is 1. The van der Waals surface area contributed by atoms with E-state index in [9.17, 15) is 22.6 Å². The van der Waals surface area contributed by atoms with Crippen molar-refractivity contribution in [3.05, 3.63) is 70.3 Å². The van der Waals surface area contributed by atoms with Gasteiger partial charge < -0.3 is 24.4 Å². The maximum Gasteiger partial charge on any atom is 0.327 e. The van der Waals surface area contributed by atoms with Crippen LogP contribution >= 0.6 is 11.6 Å². The Balaban J connectivity index is 1.28. The highest BCUT2D eigenvalue weighted by molar-refractivity contribution is 7.92. The Morgan fingerprint density at radius 1 is 1.13 bits per heavy atom. The van der Waals surface area contributed by atoms with E-state index < -0.39 is 52.3 Å². The van der Waals surface area contributed by atoms with Crippen LogP contribution < -0.4 is 19.7 Å². The molecule has 7 rings (SSSR count). The number of hydrogen-bond acceptors (Lipinski definition) is 7. The number of rotatable bonds is 5. The van der Waals surface area contributed by atoms with Crippen LogP contribution in [0.4, 0.5) is 19.3 Å². The molecule has 3 amide bonds. The third kappa shape index (κ3) is 7.56. The van der Waals surface area contributed by atoms with Crippen molar-refractivity contribution in [3.8, 4) is 5.75 Å². The fourth-order valence-corrected chi connectivity index (χ4v) is 10.7. The van der Waals surface area contributed by atoms with Gasteiger partial charge >= 0.3 is 6.03 Å². The molecule has 2 aromatic rings. The van der Waals surface area contributed by atoms with Gasteiger partial charge in [0.05, 0.1) is 30.3 Å². The van der Waals surface area contributed by atoms with Crippen molar-refractivity contribution in [2.45, 2.75) is 75.5 Å². The summed E-state index contributed by atoms with van der Waals surface area (Å²) in [4.78, 5) is 29.3. The number of alkyl halides is 2. The number of aryl methyl sites for hydroxylation is 1. The first-order valence-corrected chi connectivity index (χ1v) is 20.2. The van der Waals surface area contributed by atoms with Crippen LogP contribution in [0.5, 0.6) is 5.75 Å². The molecule has 1 spiro atoms. The lowest BCUT2D eigenvalue weighted by atomic mass is 9.68. The Hall–Kier alpha value is -3.26. The van der Waals surface area contributed by atoms with Gasteiger partial charge in [0.15, 0.2) is 0 Å². The second kappa shape index (κ2) is 14.9. The first-order chi connectivity index (χ1) is 24.9. The van der Waals surface area contributed by atoms with E-state index in [1.807, 2.05) is 18.2 Å². The van der Waals surface area contributed by atoms with E-state index in [-0.39, 0.29) is 35.2 Å². The van der Waals surface area contributed by atoms with Gasteiger partial charge in [-0.2, -0.15) is 0 Å². The minimum Gasteiger partial charge on any atom is -0.490 e. The SMILES string of the molecule is CO[C@H]1/C=C/[C@H](OC)[C@H](C)CS(=O)(NC(=O)N[C@H]2CC2C(F)F)=NC(=O)c2ccc3c(c2)N(C[C@@H]2CC[C@H]21)C[C@@]1(CCCc2cc(Cl)ccc21)CO3. The molecule has 0 aromatic heterocycles. The van der Waals surface area contributed by atoms with Crippen LogP contribution in [0.15, 0.2) is 52.9 Å². The van der Waals surface area contributed by atoms with E-state index in [0.29, 0.717) is 36.4 Å². The Bertz CT molecular complexity index is 1850. The summed E-state index contributed by atoms with van der Waals surface area (Å²) in [7, 11) is -0.526. The molecule has 2 fully saturated rings. The number of nitrogens with one attached hydrogen (secondary N) is 2. The number of ether oxygens (including phenoxy) is 3. The van der Waals surface area contributed by atoms with Gasteiger partial charge in [0.2, 0.25) is 6.43 Å². The number of halogens is 3. The molecule has 0 radical (unpaired) electrons. The Morgan fingerprint density at radius 3 is 2.63 bits per heavy atom. The highest BCUT2D eigenvalue weighted by atomic mass is 35.5. The number of benzene rings is 2. The summed E-state index contributed by atoms with van der Waals surface area (Å²) in [5, 5.41) is 3.18. The maximum absolute atomic E-state index is 14.5. The van der Waals surface area contributed by atoms with Gasteiger partial charge in [-0.1, -0.05) is 36.7 Å². The van der Waals surface area contributed by atoms with Gasteiger partial charge in [0.1, 0.15) is 15.7 Å². The number of nitrogens with zero attached hydrogens (tertiary/aromatic N) is 2. The molecule has 2 aliphatic heterocycles. The van der Waals surface area contributed by atoms with Gasteiger partial charge in [-0.05, 0) is 97.7 Å². The molecule has 2 aromatic carbocycles. The first kappa shape index (κ1) is 37.1. The van der Waals surface area contributed by atoms with Gasteiger partial charge in [0.25, 0.3) is 5.91 Å². The molecule has 52 heavy (non-hydrogen) atoms. The number of hydrogen-bond donors (Lipinski definition) is 2. The molecular formula is C38H47ClF2N4O6S. The van der Waals surface area contributed by atoms with Gasteiger partial charge in [-0.15, -0.1) is 4.36 Å². The number of anilines is 1. The van der Waals surface area contributed by atoms with Crippen LogP contribution in [0.1, 0.15) is 60.5 Å². The normalized spacial score (nSPS) is 34.9. The largest absolute Gasteiger partial charge is 0.490 e. The van der Waals surface area contributed by atoms with E-state index in [2.05, 4.69) is 31.4 Å². The summed E-state index contributed by atoms with van der Waals surface area (Å²) in [6.45, 7) is 3.62. The fraction of sp³-hybridized carbons (Fsp3) is 0.579. The second-order valence-electron chi connectivity index (χ2n) is 15.2. The minimum atomic E-state index is -3.77. The molecule has 9 atom stereocenters. The quantitative estimate of drug-likeness (QED) is 0.332. The summed E-state index contributed by atoms with van der Waals surface area (Å²) in [5.41, 5.74) is 3.08. The zero-order valence-electron chi connectivity index (χ0n) is 29.7.